The first-order valence-electron chi connectivity index (χ1n) is 10.8. The number of ether oxygens (including phenoxy) is 1. The number of nitrogens with one attached hydrogen (secondary N) is 1. The standard InChI is InChI=1S/C21H28N6O5.CH4/c1-3-23-19(30)16-14(28)15(29)20(32-16)27-10-24-13-17(22)25-12(26-18(13)27)6-8-21(31)7-4-5-11(2)9-21;/h10-11,14-16,20,28-29,31H,3-5,7,9H2,1-2H3,(H,23,30)(H2,22,25,26);1H4/t11-,14?,15+,16+,20-,21-;/m1./s1. The highest BCUT2D eigenvalue weighted by atomic mass is 16.6. The fourth-order valence-electron chi connectivity index (χ4n) is 4.37. The van der Waals surface area contributed by atoms with Gasteiger partial charge in [0.1, 0.15) is 23.3 Å². The van der Waals surface area contributed by atoms with Crippen molar-refractivity contribution in [3.8, 4) is 11.8 Å². The zero-order chi connectivity index (χ0) is 23.0. The molecule has 0 radical (unpaired) electrons. The Kier molecular flexibility index (Phi) is 7.23. The van der Waals surface area contributed by atoms with E-state index in [1.165, 1.54) is 10.9 Å². The molecule has 0 bridgehead atoms. The number of imidazole rings is 1. The molecular weight excluding hydrogens is 428 g/mol. The quantitative estimate of drug-likeness (QED) is 0.399. The molecule has 0 spiro atoms. The number of carbonyl (C=O) groups excluding carboxylic acids is 1. The van der Waals surface area contributed by atoms with Crippen LogP contribution in [0.2, 0.25) is 0 Å². The summed E-state index contributed by atoms with van der Waals surface area (Å²) < 4.78 is 7.04. The number of anilines is 1. The van der Waals surface area contributed by atoms with E-state index in [9.17, 15) is 20.1 Å². The number of rotatable bonds is 3. The molecule has 2 fully saturated rings. The van der Waals surface area contributed by atoms with E-state index in [1.54, 1.807) is 6.92 Å². The molecule has 1 aliphatic carbocycles. The van der Waals surface area contributed by atoms with Gasteiger partial charge in [0, 0.05) is 6.54 Å². The van der Waals surface area contributed by atoms with Crippen LogP contribution in [0.5, 0.6) is 0 Å². The number of nitrogens with zero attached hydrogens (tertiary/aromatic N) is 4. The molecule has 6 N–H and O–H groups in total. The molecule has 1 saturated heterocycles. The highest BCUT2D eigenvalue weighted by Crippen LogP contribution is 2.33. The van der Waals surface area contributed by atoms with Crippen molar-refractivity contribution in [3.63, 3.8) is 0 Å². The third-order valence-electron chi connectivity index (χ3n) is 5.95. The second kappa shape index (κ2) is 9.61. The normalized spacial score (nSPS) is 31.5. The van der Waals surface area contributed by atoms with E-state index in [4.69, 9.17) is 10.5 Å². The van der Waals surface area contributed by atoms with Crippen LogP contribution in [0.3, 0.4) is 0 Å². The van der Waals surface area contributed by atoms with Crippen LogP contribution in [0.4, 0.5) is 5.82 Å². The minimum Gasteiger partial charge on any atom is -0.387 e. The summed E-state index contributed by atoms with van der Waals surface area (Å²) in [6, 6.07) is 0. The number of nitrogen functional groups attached to an aromatic ring is 1. The van der Waals surface area contributed by atoms with E-state index in [0.717, 1.165) is 12.8 Å². The SMILES string of the molecule is C.CCNC(=O)[C@H]1O[C@@H](n2cnc3c(N)nc(C#C[C@]4(O)CCC[C@@H](C)C4)nc32)[C@@H](O)C1O. The molecule has 0 aromatic carbocycles. The number of hydrogen-bond acceptors (Lipinski definition) is 9. The van der Waals surface area contributed by atoms with Gasteiger partial charge >= 0.3 is 0 Å². The molecule has 1 amide bonds. The summed E-state index contributed by atoms with van der Waals surface area (Å²) in [5.41, 5.74) is 5.44. The largest absolute Gasteiger partial charge is 0.387 e. The smallest absolute Gasteiger partial charge is 0.252 e. The van der Waals surface area contributed by atoms with Gasteiger partial charge in [0.25, 0.3) is 5.91 Å². The van der Waals surface area contributed by atoms with Gasteiger partial charge in [0.2, 0.25) is 5.82 Å². The van der Waals surface area contributed by atoms with Crippen LogP contribution in [0.25, 0.3) is 11.2 Å². The van der Waals surface area contributed by atoms with Gasteiger partial charge in [-0.3, -0.25) is 9.36 Å². The van der Waals surface area contributed by atoms with E-state index in [2.05, 4.69) is 39.0 Å². The van der Waals surface area contributed by atoms with Crippen LogP contribution in [-0.4, -0.2) is 71.2 Å². The molecular formula is C22H32N6O5. The van der Waals surface area contributed by atoms with Gasteiger partial charge in [0.15, 0.2) is 23.8 Å². The van der Waals surface area contributed by atoms with Crippen LogP contribution >= 0.6 is 0 Å². The van der Waals surface area contributed by atoms with Crippen molar-refractivity contribution >= 4 is 22.9 Å². The number of aromatic nitrogens is 4. The first-order chi connectivity index (χ1) is 15.2. The van der Waals surface area contributed by atoms with Crippen molar-refractivity contribution in [1.29, 1.82) is 0 Å². The maximum absolute atomic E-state index is 12.2. The van der Waals surface area contributed by atoms with Crippen molar-refractivity contribution < 1.29 is 24.9 Å². The zero-order valence-corrected chi connectivity index (χ0v) is 18.0. The lowest BCUT2D eigenvalue weighted by molar-refractivity contribution is -0.137. The molecule has 11 nitrogen and oxygen atoms in total. The summed E-state index contributed by atoms with van der Waals surface area (Å²) in [6.07, 6.45) is -0.699. The molecule has 2 aromatic heterocycles. The predicted octanol–water partition coefficient (Wildman–Crippen LogP) is 0.0926. The molecule has 11 heteroatoms. The summed E-state index contributed by atoms with van der Waals surface area (Å²) >= 11 is 0. The van der Waals surface area contributed by atoms with Crippen LogP contribution in [0.1, 0.15) is 59.0 Å². The summed E-state index contributed by atoms with van der Waals surface area (Å²) in [5.74, 6) is 5.74. The van der Waals surface area contributed by atoms with E-state index in [-0.39, 0.29) is 30.2 Å². The predicted molar refractivity (Wildman–Crippen MR) is 121 cm³/mol. The van der Waals surface area contributed by atoms with E-state index in [1.807, 2.05) is 0 Å². The molecule has 180 valence electrons. The van der Waals surface area contributed by atoms with Gasteiger partial charge in [-0.25, -0.2) is 15.0 Å². The number of fused-ring (bicyclic) bond motifs is 1. The third-order valence-corrected chi connectivity index (χ3v) is 5.95. The van der Waals surface area contributed by atoms with Crippen LogP contribution in [-0.2, 0) is 9.53 Å². The molecule has 2 aliphatic rings. The first kappa shape index (κ1) is 24.9. The van der Waals surface area contributed by atoms with E-state index in [0.29, 0.717) is 25.3 Å². The highest BCUT2D eigenvalue weighted by Gasteiger charge is 2.47. The van der Waals surface area contributed by atoms with Crippen molar-refractivity contribution in [2.45, 2.75) is 77.1 Å². The Labute approximate surface area is 192 Å². The summed E-state index contributed by atoms with van der Waals surface area (Å²) in [6.45, 7) is 4.18. The van der Waals surface area contributed by atoms with Crippen LogP contribution in [0.15, 0.2) is 6.33 Å². The summed E-state index contributed by atoms with van der Waals surface area (Å²) in [7, 11) is 0. The van der Waals surface area contributed by atoms with E-state index < -0.39 is 36.0 Å². The monoisotopic (exact) mass is 460 g/mol. The first-order valence-corrected chi connectivity index (χ1v) is 10.8. The zero-order valence-electron chi connectivity index (χ0n) is 18.0. The summed E-state index contributed by atoms with van der Waals surface area (Å²) in [4.78, 5) is 24.9. The van der Waals surface area contributed by atoms with Crippen molar-refractivity contribution in [1.82, 2.24) is 24.8 Å². The minimum absolute atomic E-state index is 0. The van der Waals surface area contributed by atoms with Crippen molar-refractivity contribution in [3.05, 3.63) is 12.2 Å². The lowest BCUT2D eigenvalue weighted by Crippen LogP contribution is -2.42. The second-order valence-electron chi connectivity index (χ2n) is 8.56. The highest BCUT2D eigenvalue weighted by molar-refractivity contribution is 5.83. The number of likely N-dealkylation sites (N-methyl/N-ethyl adjacent to an activating group) is 1. The van der Waals surface area contributed by atoms with Crippen LogP contribution < -0.4 is 11.1 Å². The molecule has 3 heterocycles. The van der Waals surface area contributed by atoms with Crippen LogP contribution in [0, 0.1) is 17.8 Å². The Hall–Kier alpha value is -2.78. The molecule has 4 rings (SSSR count). The maximum Gasteiger partial charge on any atom is 0.252 e. The van der Waals surface area contributed by atoms with Gasteiger partial charge in [-0.15, -0.1) is 0 Å². The molecule has 33 heavy (non-hydrogen) atoms. The van der Waals surface area contributed by atoms with Crippen molar-refractivity contribution in [2.24, 2.45) is 5.92 Å². The number of aliphatic hydroxyl groups excluding tert-OH is 2. The Morgan fingerprint density at radius 2 is 2.15 bits per heavy atom. The number of amides is 1. The fourth-order valence-corrected chi connectivity index (χ4v) is 4.37. The summed E-state index contributed by atoms with van der Waals surface area (Å²) in [5, 5.41) is 34.1. The minimum atomic E-state index is -1.43. The van der Waals surface area contributed by atoms with Gasteiger partial charge in [-0.2, -0.15) is 0 Å². The Balaban J connectivity index is 0.00000306. The number of carbonyl (C=O) groups is 1. The Morgan fingerprint density at radius 1 is 1.39 bits per heavy atom. The van der Waals surface area contributed by atoms with Crippen molar-refractivity contribution in [2.75, 3.05) is 12.3 Å². The third kappa shape index (κ3) is 4.79. The number of hydrogen-bond donors (Lipinski definition) is 5. The van der Waals surface area contributed by atoms with Gasteiger partial charge in [0.05, 0.1) is 6.33 Å². The number of aliphatic hydroxyl groups is 3. The Morgan fingerprint density at radius 3 is 2.85 bits per heavy atom. The van der Waals surface area contributed by atoms with E-state index >= 15 is 0 Å². The molecule has 1 aliphatic heterocycles. The maximum atomic E-state index is 12.2. The molecule has 1 unspecified atom stereocenters. The molecule has 1 saturated carbocycles. The topological polar surface area (TPSA) is 169 Å². The molecule has 6 atom stereocenters. The Bertz CT molecular complexity index is 1080. The van der Waals surface area contributed by atoms with Gasteiger partial charge < -0.3 is 31.1 Å². The van der Waals surface area contributed by atoms with Gasteiger partial charge in [-0.05, 0) is 38.0 Å². The average Bonchev–Trinajstić information content (AvgIpc) is 3.28. The molecule has 2 aromatic rings. The lowest BCUT2D eigenvalue weighted by Gasteiger charge is -2.30. The fraction of sp³-hybridized carbons (Fsp3) is 0.636. The number of nitrogens with two attached hydrogens (primary N) is 1. The van der Waals surface area contributed by atoms with Gasteiger partial charge in [-0.1, -0.05) is 26.7 Å². The average molecular weight is 461 g/mol. The second-order valence-corrected chi connectivity index (χ2v) is 8.56. The lowest BCUT2D eigenvalue weighted by atomic mass is 9.79.